The van der Waals surface area contributed by atoms with Crippen molar-refractivity contribution in [2.24, 2.45) is 0 Å². The number of anilines is 3. The molecule has 0 bridgehead atoms. The van der Waals surface area contributed by atoms with E-state index < -0.39 is 0 Å². The first-order valence-corrected chi connectivity index (χ1v) is 7.54. The Balaban J connectivity index is 2.10. The first-order chi connectivity index (χ1) is 10.6. The Bertz CT molecular complexity index is 611. The van der Waals surface area contributed by atoms with Crippen LogP contribution in [0.4, 0.5) is 17.5 Å². The molecule has 0 atom stereocenters. The number of aromatic nitrogens is 3. The van der Waals surface area contributed by atoms with Crippen molar-refractivity contribution in [1.29, 1.82) is 0 Å². The van der Waals surface area contributed by atoms with Gasteiger partial charge in [-0.3, -0.25) is 0 Å². The summed E-state index contributed by atoms with van der Waals surface area (Å²) in [6.45, 7) is 5.93. The Hall–Kier alpha value is -2.21. The molecule has 0 unspecified atom stereocenters. The van der Waals surface area contributed by atoms with Crippen LogP contribution in [0.1, 0.15) is 18.1 Å². The highest BCUT2D eigenvalue weighted by atomic mass is 15.3. The van der Waals surface area contributed by atoms with Crippen molar-refractivity contribution in [3.8, 4) is 0 Å². The van der Waals surface area contributed by atoms with E-state index in [0.29, 0.717) is 11.8 Å². The van der Waals surface area contributed by atoms with Gasteiger partial charge in [0.1, 0.15) is 0 Å². The van der Waals surface area contributed by atoms with Crippen LogP contribution in [0.25, 0.3) is 0 Å². The molecule has 1 heterocycles. The second kappa shape index (κ2) is 7.70. The summed E-state index contributed by atoms with van der Waals surface area (Å²) >= 11 is 0. The quantitative estimate of drug-likeness (QED) is 0.819. The lowest BCUT2D eigenvalue weighted by atomic mass is 10.1. The number of rotatable bonds is 7. The van der Waals surface area contributed by atoms with Gasteiger partial charge < -0.3 is 15.5 Å². The summed E-state index contributed by atoms with van der Waals surface area (Å²) in [6.07, 6.45) is 2.61. The second-order valence-electron chi connectivity index (χ2n) is 5.48. The van der Waals surface area contributed by atoms with Crippen LogP contribution in [0, 0.1) is 6.92 Å². The molecule has 0 radical (unpaired) electrons. The largest absolute Gasteiger partial charge is 0.352 e. The van der Waals surface area contributed by atoms with E-state index in [1.165, 1.54) is 11.1 Å². The van der Waals surface area contributed by atoms with Gasteiger partial charge in [-0.25, -0.2) is 0 Å². The minimum absolute atomic E-state index is 0.540. The molecule has 0 aliphatic rings. The molecule has 1 aromatic heterocycles. The van der Waals surface area contributed by atoms with Gasteiger partial charge in [0.05, 0.1) is 6.20 Å². The van der Waals surface area contributed by atoms with Crippen LogP contribution in [-0.2, 0) is 6.42 Å². The summed E-state index contributed by atoms with van der Waals surface area (Å²) in [6, 6.07) is 6.29. The van der Waals surface area contributed by atoms with Gasteiger partial charge >= 0.3 is 0 Å². The third-order valence-corrected chi connectivity index (χ3v) is 3.39. The van der Waals surface area contributed by atoms with Gasteiger partial charge in [-0.05, 0) is 38.6 Å². The zero-order valence-electron chi connectivity index (χ0n) is 13.7. The molecule has 0 aliphatic carbocycles. The van der Waals surface area contributed by atoms with E-state index >= 15 is 0 Å². The SMILES string of the molecule is CCc1cccc(C)c1Nc1cnnc(NCCN(C)C)n1. The standard InChI is InChI=1S/C16H24N6/c1-5-13-8-6-7-12(2)15(13)19-14-11-18-21-16(20-14)17-9-10-22(3)4/h6-8,11H,5,9-10H2,1-4H3,(H2,17,19,20,21). The second-order valence-corrected chi connectivity index (χ2v) is 5.48. The molecular weight excluding hydrogens is 276 g/mol. The minimum Gasteiger partial charge on any atom is -0.352 e. The van der Waals surface area contributed by atoms with Gasteiger partial charge in [0.25, 0.3) is 0 Å². The Morgan fingerprint density at radius 1 is 1.23 bits per heavy atom. The van der Waals surface area contributed by atoms with Crippen LogP contribution in [-0.4, -0.2) is 47.3 Å². The summed E-state index contributed by atoms with van der Waals surface area (Å²) in [4.78, 5) is 6.57. The number of nitrogens with one attached hydrogen (secondary N) is 2. The number of likely N-dealkylation sites (N-methyl/N-ethyl adjacent to an activating group) is 1. The summed E-state index contributed by atoms with van der Waals surface area (Å²) < 4.78 is 0. The van der Waals surface area contributed by atoms with E-state index in [-0.39, 0.29) is 0 Å². The van der Waals surface area contributed by atoms with Gasteiger partial charge in [0.2, 0.25) is 5.95 Å². The van der Waals surface area contributed by atoms with E-state index in [0.717, 1.165) is 25.2 Å². The van der Waals surface area contributed by atoms with Gasteiger partial charge in [-0.2, -0.15) is 10.1 Å². The number of hydrogen-bond acceptors (Lipinski definition) is 6. The van der Waals surface area contributed by atoms with E-state index in [1.54, 1.807) is 6.20 Å². The van der Waals surface area contributed by atoms with Gasteiger partial charge in [-0.15, -0.1) is 5.10 Å². The molecule has 6 heteroatoms. The molecule has 0 amide bonds. The topological polar surface area (TPSA) is 66.0 Å². The van der Waals surface area contributed by atoms with Crippen molar-refractivity contribution in [3.63, 3.8) is 0 Å². The van der Waals surface area contributed by atoms with Crippen molar-refractivity contribution >= 4 is 17.5 Å². The van der Waals surface area contributed by atoms with Crippen molar-refractivity contribution in [3.05, 3.63) is 35.5 Å². The highest BCUT2D eigenvalue weighted by Gasteiger charge is 2.07. The van der Waals surface area contributed by atoms with E-state index in [4.69, 9.17) is 0 Å². The molecular formula is C16H24N6. The van der Waals surface area contributed by atoms with Gasteiger partial charge in [0.15, 0.2) is 5.82 Å². The molecule has 2 N–H and O–H groups in total. The lowest BCUT2D eigenvalue weighted by Crippen LogP contribution is -2.21. The van der Waals surface area contributed by atoms with Crippen LogP contribution >= 0.6 is 0 Å². The van der Waals surface area contributed by atoms with E-state index in [2.05, 4.69) is 62.8 Å². The normalized spacial score (nSPS) is 10.8. The van der Waals surface area contributed by atoms with Crippen molar-refractivity contribution in [2.45, 2.75) is 20.3 Å². The average Bonchev–Trinajstić information content (AvgIpc) is 2.49. The number of aryl methyl sites for hydroxylation is 2. The van der Waals surface area contributed by atoms with Crippen LogP contribution in [0.15, 0.2) is 24.4 Å². The Morgan fingerprint density at radius 3 is 2.77 bits per heavy atom. The van der Waals surface area contributed by atoms with E-state index in [1.807, 2.05) is 14.1 Å². The molecule has 0 aliphatic heterocycles. The highest BCUT2D eigenvalue weighted by Crippen LogP contribution is 2.24. The maximum Gasteiger partial charge on any atom is 0.244 e. The zero-order valence-corrected chi connectivity index (χ0v) is 13.7. The molecule has 2 aromatic rings. The van der Waals surface area contributed by atoms with E-state index in [9.17, 15) is 0 Å². The Kier molecular flexibility index (Phi) is 5.66. The predicted molar refractivity (Wildman–Crippen MR) is 90.7 cm³/mol. The minimum atomic E-state index is 0.540. The molecule has 2 rings (SSSR count). The fourth-order valence-corrected chi connectivity index (χ4v) is 2.16. The third kappa shape index (κ3) is 4.39. The van der Waals surface area contributed by atoms with Gasteiger partial charge in [0, 0.05) is 18.8 Å². The smallest absolute Gasteiger partial charge is 0.244 e. The molecule has 0 spiro atoms. The predicted octanol–water partition coefficient (Wildman–Crippen LogP) is 2.46. The maximum absolute atomic E-state index is 4.47. The van der Waals surface area contributed by atoms with Crippen LogP contribution < -0.4 is 10.6 Å². The Labute approximate surface area is 132 Å². The third-order valence-electron chi connectivity index (χ3n) is 3.39. The van der Waals surface area contributed by atoms with Crippen molar-refractivity contribution in [1.82, 2.24) is 20.1 Å². The fraction of sp³-hybridized carbons (Fsp3) is 0.438. The summed E-state index contributed by atoms with van der Waals surface area (Å²) in [7, 11) is 4.06. The van der Waals surface area contributed by atoms with Crippen molar-refractivity contribution < 1.29 is 0 Å². The highest BCUT2D eigenvalue weighted by molar-refractivity contribution is 5.64. The lowest BCUT2D eigenvalue weighted by molar-refractivity contribution is 0.425. The molecule has 118 valence electrons. The van der Waals surface area contributed by atoms with Crippen LogP contribution in [0.2, 0.25) is 0 Å². The Morgan fingerprint density at radius 2 is 2.05 bits per heavy atom. The van der Waals surface area contributed by atoms with Crippen molar-refractivity contribution in [2.75, 3.05) is 37.8 Å². The summed E-state index contributed by atoms with van der Waals surface area (Å²) in [5, 5.41) is 14.6. The first-order valence-electron chi connectivity index (χ1n) is 7.54. The summed E-state index contributed by atoms with van der Waals surface area (Å²) in [5.41, 5.74) is 3.56. The number of hydrogen-bond donors (Lipinski definition) is 2. The van der Waals surface area contributed by atoms with Gasteiger partial charge in [-0.1, -0.05) is 25.1 Å². The fourth-order valence-electron chi connectivity index (χ4n) is 2.16. The van der Waals surface area contributed by atoms with Crippen LogP contribution in [0.5, 0.6) is 0 Å². The average molecular weight is 300 g/mol. The molecule has 0 saturated heterocycles. The molecule has 0 fully saturated rings. The number of para-hydroxylation sites is 1. The first kappa shape index (κ1) is 16.2. The lowest BCUT2D eigenvalue weighted by Gasteiger charge is -2.14. The zero-order chi connectivity index (χ0) is 15.9. The monoisotopic (exact) mass is 300 g/mol. The molecule has 22 heavy (non-hydrogen) atoms. The summed E-state index contributed by atoms with van der Waals surface area (Å²) in [5.74, 6) is 1.24. The number of benzene rings is 1. The van der Waals surface area contributed by atoms with Crippen LogP contribution in [0.3, 0.4) is 0 Å². The molecule has 0 saturated carbocycles. The maximum atomic E-state index is 4.47. The molecule has 6 nitrogen and oxygen atoms in total. The number of nitrogens with zero attached hydrogens (tertiary/aromatic N) is 4. The molecule has 1 aromatic carbocycles.